The minimum absolute atomic E-state index is 0.0965. The fourth-order valence-corrected chi connectivity index (χ4v) is 3.30. The molecule has 0 bridgehead atoms. The Balaban J connectivity index is 2.28. The summed E-state index contributed by atoms with van der Waals surface area (Å²) in [6, 6.07) is 7.21. The summed E-state index contributed by atoms with van der Waals surface area (Å²) in [5.74, 6) is 1.12. The van der Waals surface area contributed by atoms with Gasteiger partial charge in [0.05, 0.1) is 0 Å². The molecule has 2 atom stereocenters. The van der Waals surface area contributed by atoms with E-state index in [9.17, 15) is 4.39 Å². The lowest BCUT2D eigenvalue weighted by molar-refractivity contribution is 0.150. The molecule has 1 fully saturated rings. The largest absolute Gasteiger partial charge is 0.207 e. The third-order valence-electron chi connectivity index (χ3n) is 4.16. The zero-order valence-electron chi connectivity index (χ0n) is 11.2. The van der Waals surface area contributed by atoms with E-state index >= 15 is 0 Å². The smallest absolute Gasteiger partial charge is 0.123 e. The molecule has 1 aromatic carbocycles. The first kappa shape index (κ1) is 12.6. The van der Waals surface area contributed by atoms with Crippen molar-refractivity contribution >= 4 is 0 Å². The fraction of sp³-hybridized carbons (Fsp3) is 0.625. The van der Waals surface area contributed by atoms with E-state index in [1.165, 1.54) is 31.2 Å². The van der Waals surface area contributed by atoms with Crippen LogP contribution in [0.15, 0.2) is 24.3 Å². The van der Waals surface area contributed by atoms with Crippen molar-refractivity contribution in [1.82, 2.24) is 0 Å². The standard InChI is InChI=1S/C16H23F/c1-16(2,3)15-10-5-4-9-14(15)12-7-6-8-13(17)11-12/h6-8,11,14-15H,4-5,9-10H2,1-3H3. The van der Waals surface area contributed by atoms with Crippen LogP contribution in [-0.4, -0.2) is 0 Å². The molecule has 0 spiro atoms. The minimum Gasteiger partial charge on any atom is -0.207 e. The Morgan fingerprint density at radius 3 is 2.47 bits per heavy atom. The third-order valence-corrected chi connectivity index (χ3v) is 4.16. The lowest BCUT2D eigenvalue weighted by Gasteiger charge is -2.40. The van der Waals surface area contributed by atoms with E-state index in [2.05, 4.69) is 26.8 Å². The molecule has 0 aromatic heterocycles. The average molecular weight is 234 g/mol. The predicted octanol–water partition coefficient (Wildman–Crippen LogP) is 5.15. The molecule has 0 nitrogen and oxygen atoms in total. The molecule has 0 heterocycles. The summed E-state index contributed by atoms with van der Waals surface area (Å²) in [5.41, 5.74) is 1.52. The van der Waals surface area contributed by atoms with Gasteiger partial charge in [-0.1, -0.05) is 45.7 Å². The van der Waals surface area contributed by atoms with Crippen molar-refractivity contribution in [2.24, 2.45) is 11.3 Å². The highest BCUT2D eigenvalue weighted by Crippen LogP contribution is 2.46. The first-order valence-corrected chi connectivity index (χ1v) is 6.74. The Kier molecular flexibility index (Phi) is 3.56. The van der Waals surface area contributed by atoms with Crippen LogP contribution in [0.25, 0.3) is 0 Å². The van der Waals surface area contributed by atoms with Crippen molar-refractivity contribution < 1.29 is 4.39 Å². The van der Waals surface area contributed by atoms with Crippen molar-refractivity contribution in [3.05, 3.63) is 35.6 Å². The van der Waals surface area contributed by atoms with Crippen molar-refractivity contribution in [2.75, 3.05) is 0 Å². The van der Waals surface area contributed by atoms with Crippen molar-refractivity contribution in [1.29, 1.82) is 0 Å². The highest BCUT2D eigenvalue weighted by atomic mass is 19.1. The Bertz CT molecular complexity index is 375. The molecule has 17 heavy (non-hydrogen) atoms. The zero-order valence-corrected chi connectivity index (χ0v) is 11.2. The summed E-state index contributed by atoms with van der Waals surface area (Å²) in [7, 11) is 0. The van der Waals surface area contributed by atoms with Crippen LogP contribution in [0.4, 0.5) is 4.39 Å². The van der Waals surface area contributed by atoms with Gasteiger partial charge < -0.3 is 0 Å². The van der Waals surface area contributed by atoms with E-state index in [-0.39, 0.29) is 5.82 Å². The molecule has 0 amide bonds. The second-order valence-electron chi connectivity index (χ2n) is 6.42. The van der Waals surface area contributed by atoms with E-state index in [1.807, 2.05) is 6.07 Å². The van der Waals surface area contributed by atoms with Crippen LogP contribution in [-0.2, 0) is 0 Å². The maximum atomic E-state index is 13.3. The van der Waals surface area contributed by atoms with Gasteiger partial charge in [-0.05, 0) is 47.8 Å². The molecule has 1 aliphatic carbocycles. The van der Waals surface area contributed by atoms with E-state index in [0.717, 1.165) is 0 Å². The van der Waals surface area contributed by atoms with Crippen LogP contribution in [0.3, 0.4) is 0 Å². The number of hydrogen-bond acceptors (Lipinski definition) is 0. The van der Waals surface area contributed by atoms with E-state index in [0.29, 0.717) is 17.3 Å². The Morgan fingerprint density at radius 2 is 1.82 bits per heavy atom. The SMILES string of the molecule is CC(C)(C)C1CCCCC1c1cccc(F)c1. The second kappa shape index (κ2) is 4.80. The van der Waals surface area contributed by atoms with E-state index < -0.39 is 0 Å². The molecular formula is C16H23F. The molecule has 1 saturated carbocycles. The number of hydrogen-bond donors (Lipinski definition) is 0. The summed E-state index contributed by atoms with van der Waals surface area (Å²) in [6.45, 7) is 6.94. The van der Waals surface area contributed by atoms with Gasteiger partial charge in [-0.2, -0.15) is 0 Å². The van der Waals surface area contributed by atoms with Gasteiger partial charge >= 0.3 is 0 Å². The number of rotatable bonds is 1. The van der Waals surface area contributed by atoms with Crippen molar-refractivity contribution in [3.8, 4) is 0 Å². The molecular weight excluding hydrogens is 211 g/mol. The zero-order chi connectivity index (χ0) is 12.5. The van der Waals surface area contributed by atoms with Gasteiger partial charge in [0.2, 0.25) is 0 Å². The maximum absolute atomic E-state index is 13.3. The first-order valence-electron chi connectivity index (χ1n) is 6.74. The first-order chi connectivity index (χ1) is 7.98. The van der Waals surface area contributed by atoms with Crippen LogP contribution in [0.5, 0.6) is 0 Å². The molecule has 1 heteroatoms. The highest BCUT2D eigenvalue weighted by molar-refractivity contribution is 5.22. The lowest BCUT2D eigenvalue weighted by Crippen LogP contribution is -2.29. The van der Waals surface area contributed by atoms with Crippen molar-refractivity contribution in [3.63, 3.8) is 0 Å². The van der Waals surface area contributed by atoms with Crippen LogP contribution in [0.1, 0.15) is 57.9 Å². The normalized spacial score (nSPS) is 25.9. The Morgan fingerprint density at radius 1 is 1.12 bits per heavy atom. The van der Waals surface area contributed by atoms with Crippen LogP contribution in [0.2, 0.25) is 0 Å². The van der Waals surface area contributed by atoms with Gasteiger partial charge in [-0.3, -0.25) is 0 Å². The van der Waals surface area contributed by atoms with Gasteiger partial charge in [0.25, 0.3) is 0 Å². The van der Waals surface area contributed by atoms with E-state index in [1.54, 1.807) is 12.1 Å². The van der Waals surface area contributed by atoms with Gasteiger partial charge in [-0.15, -0.1) is 0 Å². The highest BCUT2D eigenvalue weighted by Gasteiger charge is 2.34. The molecule has 1 aromatic rings. The summed E-state index contributed by atoms with van der Waals surface area (Å²) in [6.07, 6.45) is 5.11. The van der Waals surface area contributed by atoms with Crippen LogP contribution in [0, 0.1) is 17.2 Å². The van der Waals surface area contributed by atoms with Gasteiger partial charge in [0.1, 0.15) is 5.82 Å². The quantitative estimate of drug-likeness (QED) is 0.630. The van der Waals surface area contributed by atoms with Crippen LogP contribution >= 0.6 is 0 Å². The van der Waals surface area contributed by atoms with Gasteiger partial charge in [0, 0.05) is 0 Å². The monoisotopic (exact) mass is 234 g/mol. The summed E-state index contributed by atoms with van der Waals surface area (Å²) < 4.78 is 13.3. The topological polar surface area (TPSA) is 0 Å². The summed E-state index contributed by atoms with van der Waals surface area (Å²) in [5, 5.41) is 0. The molecule has 2 unspecified atom stereocenters. The second-order valence-corrected chi connectivity index (χ2v) is 6.42. The van der Waals surface area contributed by atoms with Crippen molar-refractivity contribution in [2.45, 2.75) is 52.4 Å². The molecule has 0 N–H and O–H groups in total. The third kappa shape index (κ3) is 2.88. The predicted molar refractivity (Wildman–Crippen MR) is 70.6 cm³/mol. The van der Waals surface area contributed by atoms with Gasteiger partial charge in [-0.25, -0.2) is 4.39 Å². The number of halogens is 1. The molecule has 2 rings (SSSR count). The fourth-order valence-electron chi connectivity index (χ4n) is 3.30. The maximum Gasteiger partial charge on any atom is 0.123 e. The average Bonchev–Trinajstić information content (AvgIpc) is 2.28. The molecule has 1 aliphatic rings. The molecule has 0 aliphatic heterocycles. The molecule has 0 saturated heterocycles. The van der Waals surface area contributed by atoms with Gasteiger partial charge in [0.15, 0.2) is 0 Å². The summed E-state index contributed by atoms with van der Waals surface area (Å²) in [4.78, 5) is 0. The Labute approximate surface area is 104 Å². The summed E-state index contributed by atoms with van der Waals surface area (Å²) >= 11 is 0. The van der Waals surface area contributed by atoms with E-state index in [4.69, 9.17) is 0 Å². The lowest BCUT2D eigenvalue weighted by atomic mass is 9.64. The minimum atomic E-state index is -0.0965. The number of benzene rings is 1. The molecule has 0 radical (unpaired) electrons. The Hall–Kier alpha value is -0.850. The molecule has 94 valence electrons. The van der Waals surface area contributed by atoms with Crippen LogP contribution < -0.4 is 0 Å².